The van der Waals surface area contributed by atoms with E-state index >= 15 is 0 Å². The lowest BCUT2D eigenvalue weighted by molar-refractivity contribution is 0.0964. The van der Waals surface area contributed by atoms with Crippen LogP contribution in [0.25, 0.3) is 22.2 Å². The number of amides is 1. The maximum absolute atomic E-state index is 12.3. The van der Waals surface area contributed by atoms with Crippen LogP contribution < -0.4 is 15.5 Å². The quantitative estimate of drug-likeness (QED) is 0.301. The Bertz CT molecular complexity index is 1640. The van der Waals surface area contributed by atoms with Gasteiger partial charge in [-0.2, -0.15) is 13.5 Å². The van der Waals surface area contributed by atoms with Crippen LogP contribution in [0.1, 0.15) is 39.9 Å². The van der Waals surface area contributed by atoms with Crippen molar-refractivity contribution in [1.82, 2.24) is 30.2 Å². The van der Waals surface area contributed by atoms with Crippen LogP contribution in [0.5, 0.6) is 0 Å². The highest BCUT2D eigenvalue weighted by Crippen LogP contribution is 2.29. The van der Waals surface area contributed by atoms with Crippen LogP contribution >= 0.6 is 13.5 Å². The number of anilines is 2. The molecule has 1 aromatic carbocycles. The smallest absolute Gasteiger partial charge is 0.251 e. The summed E-state index contributed by atoms with van der Waals surface area (Å²) < 4.78 is 0. The van der Waals surface area contributed by atoms with Crippen LogP contribution in [0.3, 0.4) is 0 Å². The first-order chi connectivity index (χ1) is 19.1. The zero-order chi connectivity index (χ0) is 26.8. The zero-order valence-electron chi connectivity index (χ0n) is 22.3. The highest BCUT2D eigenvalue weighted by atomic mass is 32.1. The number of fused-ring (bicyclic) bond motifs is 2. The molecule has 10 heteroatoms. The van der Waals surface area contributed by atoms with Gasteiger partial charge in [-0.1, -0.05) is 25.1 Å². The van der Waals surface area contributed by atoms with E-state index in [0.717, 1.165) is 52.4 Å². The Hall–Kier alpha value is -4.57. The van der Waals surface area contributed by atoms with E-state index in [0.29, 0.717) is 12.1 Å². The number of carbonyl (C=O) groups excluding carboxylic acids is 1. The van der Waals surface area contributed by atoms with Gasteiger partial charge < -0.3 is 15.5 Å². The summed E-state index contributed by atoms with van der Waals surface area (Å²) in [6.07, 6.45) is 8.88. The molecule has 5 heterocycles. The van der Waals surface area contributed by atoms with Crippen LogP contribution in [-0.4, -0.2) is 44.4 Å². The van der Waals surface area contributed by atoms with Gasteiger partial charge in [-0.25, -0.2) is 15.0 Å². The predicted octanol–water partition coefficient (Wildman–Crippen LogP) is 4.69. The lowest BCUT2D eigenvalue weighted by Crippen LogP contribution is -2.18. The summed E-state index contributed by atoms with van der Waals surface area (Å²) in [5, 5.41) is 6.99. The largest absolute Gasteiger partial charge is 0.369 e. The molecule has 1 atom stereocenters. The van der Waals surface area contributed by atoms with Gasteiger partial charge in [-0.3, -0.25) is 14.8 Å². The Morgan fingerprint density at radius 3 is 2.65 bits per heavy atom. The first-order valence-electron chi connectivity index (χ1n) is 12.9. The number of nitrogens with one attached hydrogen (secondary N) is 2. The molecule has 0 saturated heterocycles. The Morgan fingerprint density at radius 2 is 1.85 bits per heavy atom. The van der Waals surface area contributed by atoms with Crippen molar-refractivity contribution in [3.63, 3.8) is 0 Å². The van der Waals surface area contributed by atoms with E-state index in [-0.39, 0.29) is 25.3 Å². The van der Waals surface area contributed by atoms with Crippen molar-refractivity contribution in [1.29, 1.82) is 0 Å². The van der Waals surface area contributed by atoms with Gasteiger partial charge in [0.25, 0.3) is 5.91 Å². The maximum Gasteiger partial charge on any atom is 0.251 e. The molecule has 0 unspecified atom stereocenters. The van der Waals surface area contributed by atoms with Gasteiger partial charge >= 0.3 is 0 Å². The maximum atomic E-state index is 12.3. The second-order valence-electron chi connectivity index (χ2n) is 9.66. The molecular formula is C30H30N8OS. The summed E-state index contributed by atoms with van der Waals surface area (Å²) in [5.74, 6) is 1.67. The van der Waals surface area contributed by atoms with Gasteiger partial charge in [-0.15, -0.1) is 0 Å². The molecule has 40 heavy (non-hydrogen) atoms. The van der Waals surface area contributed by atoms with E-state index in [1.807, 2.05) is 48.9 Å². The Kier molecular flexibility index (Phi) is 7.88. The van der Waals surface area contributed by atoms with Crippen molar-refractivity contribution >= 4 is 41.9 Å². The van der Waals surface area contributed by atoms with E-state index in [2.05, 4.69) is 54.5 Å². The predicted molar refractivity (Wildman–Crippen MR) is 162 cm³/mol. The van der Waals surface area contributed by atoms with Crippen LogP contribution in [0.4, 0.5) is 11.6 Å². The first kappa shape index (κ1) is 27.0. The molecule has 0 aliphatic carbocycles. The van der Waals surface area contributed by atoms with Crippen molar-refractivity contribution in [3.8, 4) is 11.3 Å². The van der Waals surface area contributed by atoms with E-state index in [1.165, 1.54) is 11.1 Å². The van der Waals surface area contributed by atoms with Crippen LogP contribution in [0.2, 0.25) is 0 Å². The standard InChI is InChI=1S/C30H28N8O.H2S/c1-19(23-4-3-5-24-25(30(39)31-2)9-11-33-29(23)24)13-34-27-12-26(36-18-37-27)20-6-7-28(35-15-20)38-16-21-8-10-32-14-22(21)17-38;/h3-12,14-15,18-19H,13,16-17H2,1-2H3,(H,31,39)(H,34,36,37);1H2/t19-;/m1./s1. The number of para-hydroxylation sites is 1. The fourth-order valence-corrected chi connectivity index (χ4v) is 5.02. The van der Waals surface area contributed by atoms with Gasteiger partial charge in [0.2, 0.25) is 0 Å². The summed E-state index contributed by atoms with van der Waals surface area (Å²) in [5.41, 5.74) is 6.79. The molecule has 4 aromatic heterocycles. The van der Waals surface area contributed by atoms with Crippen LogP contribution in [0, 0.1) is 0 Å². The molecule has 5 aromatic rings. The van der Waals surface area contributed by atoms with Gasteiger partial charge in [0.15, 0.2) is 0 Å². The van der Waals surface area contributed by atoms with Crippen LogP contribution in [0.15, 0.2) is 79.6 Å². The molecule has 0 saturated carbocycles. The van der Waals surface area contributed by atoms with Crippen molar-refractivity contribution in [2.24, 2.45) is 0 Å². The number of rotatable bonds is 7. The molecule has 0 bridgehead atoms. The van der Waals surface area contributed by atoms with Gasteiger partial charge in [-0.05, 0) is 41.0 Å². The SMILES string of the molecule is CNC(=O)c1ccnc2c([C@H](C)CNc3cc(-c4ccc(N5Cc6ccncc6C5)nc4)ncn3)cccc12.S. The minimum Gasteiger partial charge on any atom is -0.369 e. The molecule has 0 fully saturated rings. The first-order valence-corrected chi connectivity index (χ1v) is 12.9. The molecule has 6 rings (SSSR count). The minimum atomic E-state index is -0.121. The lowest BCUT2D eigenvalue weighted by atomic mass is 9.96. The van der Waals surface area contributed by atoms with Crippen molar-refractivity contribution < 1.29 is 4.79 Å². The van der Waals surface area contributed by atoms with Crippen LogP contribution in [-0.2, 0) is 13.1 Å². The monoisotopic (exact) mass is 550 g/mol. The molecule has 0 radical (unpaired) electrons. The third-order valence-electron chi connectivity index (χ3n) is 7.16. The number of pyridine rings is 3. The second-order valence-corrected chi connectivity index (χ2v) is 9.66. The molecule has 9 nitrogen and oxygen atoms in total. The fraction of sp³-hybridized carbons (Fsp3) is 0.200. The number of carbonyl (C=O) groups is 1. The summed E-state index contributed by atoms with van der Waals surface area (Å²) in [6, 6.07) is 15.8. The van der Waals surface area contributed by atoms with E-state index in [4.69, 9.17) is 4.98 Å². The molecule has 1 amide bonds. The lowest BCUT2D eigenvalue weighted by Gasteiger charge is -2.17. The normalized spacial score (nSPS) is 12.9. The topological polar surface area (TPSA) is 109 Å². The number of hydrogen-bond acceptors (Lipinski definition) is 8. The summed E-state index contributed by atoms with van der Waals surface area (Å²) in [7, 11) is 1.63. The van der Waals surface area contributed by atoms with Gasteiger partial charge in [0.1, 0.15) is 18.0 Å². The number of nitrogens with zero attached hydrogens (tertiary/aromatic N) is 6. The van der Waals surface area contributed by atoms with E-state index < -0.39 is 0 Å². The average Bonchev–Trinajstić information content (AvgIpc) is 3.43. The third kappa shape index (κ3) is 5.30. The Balaban J connectivity index is 0.00000323. The molecule has 202 valence electrons. The summed E-state index contributed by atoms with van der Waals surface area (Å²) in [4.78, 5) is 37.0. The molecular weight excluding hydrogens is 520 g/mol. The molecule has 1 aliphatic heterocycles. The van der Waals surface area contributed by atoms with Gasteiger partial charge in [0, 0.05) is 74.4 Å². The highest BCUT2D eigenvalue weighted by Gasteiger charge is 2.20. The number of hydrogen-bond donors (Lipinski definition) is 2. The Morgan fingerprint density at radius 1 is 0.975 bits per heavy atom. The average molecular weight is 551 g/mol. The third-order valence-corrected chi connectivity index (χ3v) is 7.16. The highest BCUT2D eigenvalue weighted by molar-refractivity contribution is 7.59. The minimum absolute atomic E-state index is 0. The van der Waals surface area contributed by atoms with Gasteiger partial charge in [0.05, 0.1) is 16.8 Å². The van der Waals surface area contributed by atoms with Crippen molar-refractivity contribution in [2.75, 3.05) is 23.8 Å². The molecule has 0 spiro atoms. The number of aromatic nitrogens is 5. The summed E-state index contributed by atoms with van der Waals surface area (Å²) >= 11 is 0. The van der Waals surface area contributed by atoms with E-state index in [9.17, 15) is 4.79 Å². The number of benzene rings is 1. The van der Waals surface area contributed by atoms with Crippen molar-refractivity contribution in [2.45, 2.75) is 25.9 Å². The fourth-order valence-electron chi connectivity index (χ4n) is 5.02. The molecule has 1 aliphatic rings. The van der Waals surface area contributed by atoms with E-state index in [1.54, 1.807) is 25.6 Å². The second kappa shape index (κ2) is 11.7. The zero-order valence-corrected chi connectivity index (χ0v) is 23.3. The molecule has 2 N–H and O–H groups in total. The summed E-state index contributed by atoms with van der Waals surface area (Å²) in [6.45, 7) is 4.42. The van der Waals surface area contributed by atoms with Crippen molar-refractivity contribution in [3.05, 3.63) is 102 Å². The Labute approximate surface area is 239 Å².